The van der Waals surface area contributed by atoms with Crippen molar-refractivity contribution in [3.8, 4) is 0 Å². The highest BCUT2D eigenvalue weighted by Crippen LogP contribution is 2.05. The van der Waals surface area contributed by atoms with Crippen molar-refractivity contribution in [2.75, 3.05) is 25.2 Å². The van der Waals surface area contributed by atoms with Gasteiger partial charge in [-0.3, -0.25) is 19.2 Å². The summed E-state index contributed by atoms with van der Waals surface area (Å²) < 4.78 is 0. The van der Waals surface area contributed by atoms with E-state index in [0.717, 1.165) is 0 Å². The molecule has 0 aliphatic rings. The maximum absolute atomic E-state index is 12.7. The van der Waals surface area contributed by atoms with Crippen LogP contribution in [0.2, 0.25) is 0 Å². The third kappa shape index (κ3) is 11.8. The standard InChI is InChI=1S/C18H33N5O8S/c1-32-7-5-11(21-15(27)10(20)9-24)16(28)23-13(8-14(25)26)17(29)22-12(18(30)31)4-2-3-6-19/h10-13,24H,2-9,19-20H2,1H3,(H,21,27)(H,22,29)(H,23,28)(H,25,26)(H,30,31). The lowest BCUT2D eigenvalue weighted by Crippen LogP contribution is -2.57. The summed E-state index contributed by atoms with van der Waals surface area (Å²) in [5, 5.41) is 34.3. The van der Waals surface area contributed by atoms with Crippen LogP contribution in [0, 0.1) is 0 Å². The molecule has 0 aromatic heterocycles. The van der Waals surface area contributed by atoms with Gasteiger partial charge >= 0.3 is 11.9 Å². The maximum Gasteiger partial charge on any atom is 0.326 e. The van der Waals surface area contributed by atoms with E-state index in [1.807, 2.05) is 0 Å². The summed E-state index contributed by atoms with van der Waals surface area (Å²) in [7, 11) is 0. The number of amides is 3. The van der Waals surface area contributed by atoms with E-state index in [1.54, 1.807) is 6.26 Å². The van der Waals surface area contributed by atoms with E-state index in [0.29, 0.717) is 25.1 Å². The Kier molecular flexibility index (Phi) is 15.0. The molecule has 0 spiro atoms. The Bertz CT molecular complexity index is 651. The van der Waals surface area contributed by atoms with Gasteiger partial charge in [-0.15, -0.1) is 0 Å². The van der Waals surface area contributed by atoms with E-state index in [9.17, 15) is 29.1 Å². The van der Waals surface area contributed by atoms with Crippen LogP contribution < -0.4 is 27.4 Å². The van der Waals surface area contributed by atoms with Crippen LogP contribution in [0.15, 0.2) is 0 Å². The molecule has 0 rings (SSSR count). The lowest BCUT2D eigenvalue weighted by atomic mass is 10.1. The largest absolute Gasteiger partial charge is 0.481 e. The zero-order chi connectivity index (χ0) is 24.7. The number of aliphatic carboxylic acids is 2. The van der Waals surface area contributed by atoms with Crippen LogP contribution in [0.1, 0.15) is 32.1 Å². The number of rotatable bonds is 17. The quantitative estimate of drug-likeness (QED) is 0.0992. The topological polar surface area (TPSA) is 234 Å². The Morgan fingerprint density at radius 3 is 1.94 bits per heavy atom. The fourth-order valence-corrected chi connectivity index (χ4v) is 3.02. The summed E-state index contributed by atoms with van der Waals surface area (Å²) >= 11 is 1.39. The molecule has 13 nitrogen and oxygen atoms in total. The van der Waals surface area contributed by atoms with Crippen molar-refractivity contribution in [1.82, 2.24) is 16.0 Å². The van der Waals surface area contributed by atoms with Gasteiger partial charge in [0.15, 0.2) is 0 Å². The van der Waals surface area contributed by atoms with Crippen molar-refractivity contribution in [3.05, 3.63) is 0 Å². The first kappa shape index (κ1) is 29.6. The minimum atomic E-state index is -1.57. The number of hydrogen-bond acceptors (Lipinski definition) is 9. The summed E-state index contributed by atoms with van der Waals surface area (Å²) in [4.78, 5) is 59.8. The molecule has 0 heterocycles. The van der Waals surface area contributed by atoms with Gasteiger partial charge in [-0.2, -0.15) is 11.8 Å². The van der Waals surface area contributed by atoms with E-state index < -0.39 is 66.9 Å². The van der Waals surface area contributed by atoms with Gasteiger partial charge in [-0.25, -0.2) is 4.79 Å². The van der Waals surface area contributed by atoms with Crippen molar-refractivity contribution in [2.45, 2.75) is 56.3 Å². The second-order valence-corrected chi connectivity index (χ2v) is 7.96. The molecule has 0 aromatic rings. The second kappa shape index (κ2) is 16.2. The molecule has 4 atom stereocenters. The molecule has 0 fully saturated rings. The van der Waals surface area contributed by atoms with Crippen LogP contribution >= 0.6 is 11.8 Å². The number of carbonyl (C=O) groups excluding carboxylic acids is 3. The number of aliphatic hydroxyl groups is 1. The Labute approximate surface area is 190 Å². The first-order chi connectivity index (χ1) is 15.1. The van der Waals surface area contributed by atoms with Gasteiger partial charge in [0.25, 0.3) is 0 Å². The molecule has 10 N–H and O–H groups in total. The van der Waals surface area contributed by atoms with Crippen molar-refractivity contribution in [2.24, 2.45) is 11.5 Å². The molecular formula is C18H33N5O8S. The number of carboxylic acid groups (broad SMARTS) is 2. The highest BCUT2D eigenvalue weighted by atomic mass is 32.2. The van der Waals surface area contributed by atoms with E-state index in [2.05, 4.69) is 16.0 Å². The van der Waals surface area contributed by atoms with Gasteiger partial charge in [-0.05, 0) is 44.2 Å². The van der Waals surface area contributed by atoms with Crippen LogP contribution in [0.3, 0.4) is 0 Å². The number of hydrogen-bond donors (Lipinski definition) is 8. The number of thioether (sulfide) groups is 1. The summed E-state index contributed by atoms with van der Waals surface area (Å²) in [6.45, 7) is -0.297. The zero-order valence-corrected chi connectivity index (χ0v) is 18.7. The molecule has 4 unspecified atom stereocenters. The molecule has 32 heavy (non-hydrogen) atoms. The minimum Gasteiger partial charge on any atom is -0.481 e. The smallest absolute Gasteiger partial charge is 0.326 e. The van der Waals surface area contributed by atoms with Gasteiger partial charge in [0, 0.05) is 0 Å². The molecule has 14 heteroatoms. The summed E-state index contributed by atoms with van der Waals surface area (Å²) in [6.07, 6.45) is 2.17. The van der Waals surface area contributed by atoms with Crippen molar-refractivity contribution < 1.29 is 39.3 Å². The Balaban J connectivity index is 5.37. The first-order valence-corrected chi connectivity index (χ1v) is 11.4. The van der Waals surface area contributed by atoms with Gasteiger partial charge in [0.1, 0.15) is 24.2 Å². The number of nitrogens with two attached hydrogens (primary N) is 2. The molecular weight excluding hydrogens is 446 g/mol. The molecule has 0 aliphatic carbocycles. The van der Waals surface area contributed by atoms with Crippen LogP contribution in [-0.4, -0.2) is 94.3 Å². The highest BCUT2D eigenvalue weighted by Gasteiger charge is 2.31. The number of nitrogens with one attached hydrogen (secondary N) is 3. The summed E-state index contributed by atoms with van der Waals surface area (Å²) in [6, 6.07) is -5.26. The van der Waals surface area contributed by atoms with Gasteiger partial charge in [0.05, 0.1) is 13.0 Å². The molecule has 0 saturated carbocycles. The lowest BCUT2D eigenvalue weighted by molar-refractivity contribution is -0.143. The monoisotopic (exact) mass is 479 g/mol. The highest BCUT2D eigenvalue weighted by molar-refractivity contribution is 7.98. The normalized spacial score (nSPS) is 14.5. The molecule has 0 bridgehead atoms. The molecule has 3 amide bonds. The predicted molar refractivity (Wildman–Crippen MR) is 117 cm³/mol. The minimum absolute atomic E-state index is 0.0808. The maximum atomic E-state index is 12.7. The van der Waals surface area contributed by atoms with Crippen LogP contribution in [0.25, 0.3) is 0 Å². The number of aliphatic hydroxyl groups excluding tert-OH is 1. The summed E-state index contributed by atoms with van der Waals surface area (Å²) in [5.41, 5.74) is 10.8. The van der Waals surface area contributed by atoms with Crippen LogP contribution in [0.5, 0.6) is 0 Å². The van der Waals surface area contributed by atoms with Crippen molar-refractivity contribution in [1.29, 1.82) is 0 Å². The van der Waals surface area contributed by atoms with Crippen molar-refractivity contribution in [3.63, 3.8) is 0 Å². The SMILES string of the molecule is CSCCC(NC(=O)C(N)CO)C(=O)NC(CC(=O)O)C(=O)NC(CCCCN)C(=O)O. The van der Waals surface area contributed by atoms with E-state index in [4.69, 9.17) is 21.7 Å². The van der Waals surface area contributed by atoms with Gasteiger partial charge in [-0.1, -0.05) is 0 Å². The van der Waals surface area contributed by atoms with Crippen LogP contribution in [-0.2, 0) is 24.0 Å². The fourth-order valence-electron chi connectivity index (χ4n) is 2.54. The van der Waals surface area contributed by atoms with Crippen LogP contribution in [0.4, 0.5) is 0 Å². The Morgan fingerprint density at radius 2 is 1.44 bits per heavy atom. The second-order valence-electron chi connectivity index (χ2n) is 6.97. The predicted octanol–water partition coefficient (Wildman–Crippen LogP) is -2.80. The fraction of sp³-hybridized carbons (Fsp3) is 0.722. The summed E-state index contributed by atoms with van der Waals surface area (Å²) in [5.74, 6) is -4.87. The van der Waals surface area contributed by atoms with Gasteiger partial charge in [0.2, 0.25) is 17.7 Å². The van der Waals surface area contributed by atoms with Gasteiger partial charge < -0.3 is 42.7 Å². The Morgan fingerprint density at radius 1 is 0.875 bits per heavy atom. The third-order valence-electron chi connectivity index (χ3n) is 4.35. The van der Waals surface area contributed by atoms with E-state index in [-0.39, 0.29) is 12.8 Å². The molecule has 0 aromatic carbocycles. The van der Waals surface area contributed by atoms with E-state index in [1.165, 1.54) is 11.8 Å². The first-order valence-electron chi connectivity index (χ1n) is 9.98. The van der Waals surface area contributed by atoms with Crippen molar-refractivity contribution >= 4 is 41.4 Å². The Hall–Kier alpha value is -2.42. The molecule has 0 radical (unpaired) electrons. The molecule has 184 valence electrons. The molecule has 0 aliphatic heterocycles. The lowest BCUT2D eigenvalue weighted by Gasteiger charge is -2.24. The molecule has 0 saturated heterocycles. The average Bonchev–Trinajstić information content (AvgIpc) is 2.73. The number of unbranched alkanes of at least 4 members (excludes halogenated alkanes) is 1. The zero-order valence-electron chi connectivity index (χ0n) is 17.9. The average molecular weight is 480 g/mol. The van der Waals surface area contributed by atoms with E-state index >= 15 is 0 Å². The number of carbonyl (C=O) groups is 5. The number of carboxylic acids is 2. The third-order valence-corrected chi connectivity index (χ3v) is 4.99.